The summed E-state index contributed by atoms with van der Waals surface area (Å²) in [6, 6.07) is 18.5. The standard InChI is InChI=1S/C24H24ClFN2O/c25-23-9-6-19-10-12-27-13-11-22(19)24(23)28-15-17-4-7-21(8-5-17)29-16-18-2-1-3-20(26)14-18/h1-9,14,27-28H,10-13,15-16H2. The van der Waals surface area contributed by atoms with Gasteiger partial charge in [-0.05, 0) is 78.5 Å². The van der Waals surface area contributed by atoms with Crippen molar-refractivity contribution in [2.75, 3.05) is 18.4 Å². The molecule has 1 aliphatic rings. The number of nitrogens with one attached hydrogen (secondary N) is 2. The lowest BCUT2D eigenvalue weighted by molar-refractivity contribution is 0.305. The van der Waals surface area contributed by atoms with Gasteiger partial charge in [0, 0.05) is 6.54 Å². The highest BCUT2D eigenvalue weighted by atomic mass is 35.5. The third kappa shape index (κ3) is 5.08. The van der Waals surface area contributed by atoms with Gasteiger partial charge in [-0.2, -0.15) is 0 Å². The second-order valence-electron chi connectivity index (χ2n) is 7.23. The van der Waals surface area contributed by atoms with Crippen LogP contribution in [-0.2, 0) is 26.0 Å². The molecular formula is C24H24ClFN2O. The van der Waals surface area contributed by atoms with Gasteiger partial charge < -0.3 is 15.4 Å². The van der Waals surface area contributed by atoms with E-state index < -0.39 is 0 Å². The van der Waals surface area contributed by atoms with Crippen molar-refractivity contribution in [3.63, 3.8) is 0 Å². The molecule has 0 aromatic heterocycles. The van der Waals surface area contributed by atoms with Crippen molar-refractivity contribution in [2.45, 2.75) is 26.0 Å². The number of benzene rings is 3. The number of hydrogen-bond acceptors (Lipinski definition) is 3. The van der Waals surface area contributed by atoms with E-state index in [-0.39, 0.29) is 5.82 Å². The Kier molecular flexibility index (Phi) is 6.33. The molecule has 4 rings (SSSR count). The smallest absolute Gasteiger partial charge is 0.123 e. The molecule has 150 valence electrons. The molecule has 3 aromatic rings. The van der Waals surface area contributed by atoms with E-state index in [4.69, 9.17) is 16.3 Å². The molecule has 3 nitrogen and oxygen atoms in total. The fourth-order valence-electron chi connectivity index (χ4n) is 3.62. The van der Waals surface area contributed by atoms with Crippen molar-refractivity contribution >= 4 is 17.3 Å². The molecule has 0 fully saturated rings. The largest absolute Gasteiger partial charge is 0.489 e. The summed E-state index contributed by atoms with van der Waals surface area (Å²) in [5.74, 6) is 0.511. The Morgan fingerprint density at radius 3 is 2.62 bits per heavy atom. The van der Waals surface area contributed by atoms with Gasteiger partial charge in [-0.3, -0.25) is 0 Å². The Balaban J connectivity index is 1.38. The van der Waals surface area contributed by atoms with Crippen LogP contribution in [0, 0.1) is 5.82 Å². The molecule has 1 aliphatic heterocycles. The summed E-state index contributed by atoms with van der Waals surface area (Å²) in [6.07, 6.45) is 2.00. The average Bonchev–Trinajstić information content (AvgIpc) is 2.98. The van der Waals surface area contributed by atoms with Gasteiger partial charge in [-0.1, -0.05) is 41.9 Å². The van der Waals surface area contributed by atoms with Crippen LogP contribution in [0.15, 0.2) is 60.7 Å². The predicted octanol–water partition coefficient (Wildman–Crippen LogP) is 5.36. The zero-order valence-electron chi connectivity index (χ0n) is 16.2. The molecule has 0 spiro atoms. The van der Waals surface area contributed by atoms with Gasteiger partial charge in [0.1, 0.15) is 18.2 Å². The van der Waals surface area contributed by atoms with E-state index in [0.29, 0.717) is 13.2 Å². The van der Waals surface area contributed by atoms with Gasteiger partial charge in [0.2, 0.25) is 0 Å². The summed E-state index contributed by atoms with van der Waals surface area (Å²) >= 11 is 6.49. The fourth-order valence-corrected chi connectivity index (χ4v) is 3.87. The molecule has 0 aliphatic carbocycles. The van der Waals surface area contributed by atoms with E-state index in [2.05, 4.69) is 16.7 Å². The van der Waals surface area contributed by atoms with E-state index in [9.17, 15) is 4.39 Å². The summed E-state index contributed by atoms with van der Waals surface area (Å²) < 4.78 is 19.0. The maximum Gasteiger partial charge on any atom is 0.123 e. The number of fused-ring (bicyclic) bond motifs is 1. The number of rotatable bonds is 6. The van der Waals surface area contributed by atoms with Crippen LogP contribution in [-0.4, -0.2) is 13.1 Å². The van der Waals surface area contributed by atoms with Gasteiger partial charge in [-0.25, -0.2) is 4.39 Å². The fraction of sp³-hybridized carbons (Fsp3) is 0.250. The Morgan fingerprint density at radius 1 is 0.966 bits per heavy atom. The lowest BCUT2D eigenvalue weighted by Crippen LogP contribution is -2.16. The SMILES string of the molecule is Fc1cccc(COc2ccc(CNc3c(Cl)ccc4c3CCNCC4)cc2)c1. The monoisotopic (exact) mass is 410 g/mol. The van der Waals surface area contributed by atoms with Crippen LogP contribution in [0.25, 0.3) is 0 Å². The third-order valence-electron chi connectivity index (χ3n) is 5.17. The Hall–Kier alpha value is -2.56. The summed E-state index contributed by atoms with van der Waals surface area (Å²) in [5, 5.41) is 7.73. The normalized spacial score (nSPS) is 13.4. The first-order valence-corrected chi connectivity index (χ1v) is 10.3. The molecule has 0 saturated carbocycles. The molecule has 0 saturated heterocycles. The van der Waals surface area contributed by atoms with E-state index in [0.717, 1.165) is 53.5 Å². The van der Waals surface area contributed by atoms with E-state index in [1.807, 2.05) is 36.4 Å². The van der Waals surface area contributed by atoms with Crippen molar-refractivity contribution in [2.24, 2.45) is 0 Å². The van der Waals surface area contributed by atoms with Gasteiger partial charge in [0.15, 0.2) is 0 Å². The molecular weight excluding hydrogens is 387 g/mol. The van der Waals surface area contributed by atoms with Crippen LogP contribution in [0.3, 0.4) is 0 Å². The highest BCUT2D eigenvalue weighted by molar-refractivity contribution is 6.33. The van der Waals surface area contributed by atoms with Crippen molar-refractivity contribution < 1.29 is 9.13 Å². The number of hydrogen-bond donors (Lipinski definition) is 2. The lowest BCUT2D eigenvalue weighted by atomic mass is 10.0. The second-order valence-corrected chi connectivity index (χ2v) is 7.63. The topological polar surface area (TPSA) is 33.3 Å². The van der Waals surface area contributed by atoms with Crippen LogP contribution >= 0.6 is 11.6 Å². The predicted molar refractivity (Wildman–Crippen MR) is 116 cm³/mol. The third-order valence-corrected chi connectivity index (χ3v) is 5.48. The minimum atomic E-state index is -0.249. The number of halogens is 2. The maximum absolute atomic E-state index is 13.3. The van der Waals surface area contributed by atoms with Crippen molar-refractivity contribution in [3.8, 4) is 5.75 Å². The van der Waals surface area contributed by atoms with E-state index >= 15 is 0 Å². The highest BCUT2D eigenvalue weighted by Gasteiger charge is 2.14. The summed E-state index contributed by atoms with van der Waals surface area (Å²) in [6.45, 7) is 3.01. The molecule has 0 bridgehead atoms. The minimum absolute atomic E-state index is 0.249. The molecule has 3 aromatic carbocycles. The molecule has 29 heavy (non-hydrogen) atoms. The van der Waals surface area contributed by atoms with Gasteiger partial charge >= 0.3 is 0 Å². The quantitative estimate of drug-likeness (QED) is 0.574. The first kappa shape index (κ1) is 19.7. The first-order chi connectivity index (χ1) is 14.2. The molecule has 2 N–H and O–H groups in total. The Morgan fingerprint density at radius 2 is 1.79 bits per heavy atom. The first-order valence-electron chi connectivity index (χ1n) is 9.90. The summed E-state index contributed by atoms with van der Waals surface area (Å²) in [5.41, 5.74) is 5.67. The van der Waals surface area contributed by atoms with E-state index in [1.165, 1.54) is 23.3 Å². The maximum atomic E-state index is 13.3. The summed E-state index contributed by atoms with van der Waals surface area (Å²) in [4.78, 5) is 0. The molecule has 1 heterocycles. The molecule has 0 unspecified atom stereocenters. The Bertz CT molecular complexity index is 975. The summed E-state index contributed by atoms with van der Waals surface area (Å²) in [7, 11) is 0. The highest BCUT2D eigenvalue weighted by Crippen LogP contribution is 2.31. The van der Waals surface area contributed by atoms with Gasteiger partial charge in [-0.15, -0.1) is 0 Å². The van der Waals surface area contributed by atoms with Crippen LogP contribution in [0.1, 0.15) is 22.3 Å². The van der Waals surface area contributed by atoms with Crippen molar-refractivity contribution in [3.05, 3.63) is 93.8 Å². The molecule has 0 atom stereocenters. The lowest BCUT2D eigenvalue weighted by Gasteiger charge is -2.16. The zero-order chi connectivity index (χ0) is 20.1. The van der Waals surface area contributed by atoms with Crippen molar-refractivity contribution in [1.29, 1.82) is 0 Å². The molecule has 0 radical (unpaired) electrons. The number of ether oxygens (including phenoxy) is 1. The van der Waals surface area contributed by atoms with Crippen molar-refractivity contribution in [1.82, 2.24) is 5.32 Å². The zero-order valence-corrected chi connectivity index (χ0v) is 16.9. The van der Waals surface area contributed by atoms with E-state index in [1.54, 1.807) is 6.07 Å². The molecule has 5 heteroatoms. The number of anilines is 1. The molecule has 0 amide bonds. The van der Waals surface area contributed by atoms with Crippen LogP contribution < -0.4 is 15.4 Å². The minimum Gasteiger partial charge on any atom is -0.489 e. The van der Waals surface area contributed by atoms with Crippen LogP contribution in [0.2, 0.25) is 5.02 Å². The van der Waals surface area contributed by atoms with Crippen LogP contribution in [0.4, 0.5) is 10.1 Å². The van der Waals surface area contributed by atoms with Crippen LogP contribution in [0.5, 0.6) is 5.75 Å². The van der Waals surface area contributed by atoms with Gasteiger partial charge in [0.05, 0.1) is 10.7 Å². The Labute approximate surface area is 175 Å². The second kappa shape index (κ2) is 9.29. The van der Waals surface area contributed by atoms with Gasteiger partial charge in [0.25, 0.3) is 0 Å². The average molecular weight is 411 g/mol.